The zero-order valence-electron chi connectivity index (χ0n) is 22.2. The van der Waals surface area contributed by atoms with E-state index in [9.17, 15) is 4.39 Å². The molecule has 2 aliphatic rings. The molecule has 11 nitrogen and oxygen atoms in total. The van der Waals surface area contributed by atoms with Crippen LogP contribution in [0, 0.1) is 6.92 Å². The maximum Gasteiger partial charge on any atom is 0.224 e. The van der Waals surface area contributed by atoms with E-state index in [1.54, 1.807) is 30.3 Å². The summed E-state index contributed by atoms with van der Waals surface area (Å²) in [4.78, 5) is 22.3. The van der Waals surface area contributed by atoms with Crippen molar-refractivity contribution in [2.75, 3.05) is 43.6 Å². The lowest BCUT2D eigenvalue weighted by molar-refractivity contribution is 0.188. The number of aromatic nitrogens is 6. The van der Waals surface area contributed by atoms with Crippen molar-refractivity contribution in [3.63, 3.8) is 0 Å². The SMILES string of the molecule is COc1ccc2ncnc(Nc3ccc(Oc4cc5ncnn5cn4)c(C)c3)c2c1N1C[C@H]2[C@@H]1CCN2CCF. The van der Waals surface area contributed by atoms with Gasteiger partial charge < -0.3 is 19.7 Å². The van der Waals surface area contributed by atoms with Crippen LogP contribution in [0.3, 0.4) is 0 Å². The van der Waals surface area contributed by atoms with Gasteiger partial charge in [0.25, 0.3) is 0 Å². The van der Waals surface area contributed by atoms with Crippen molar-refractivity contribution in [2.24, 2.45) is 0 Å². The van der Waals surface area contributed by atoms with Crippen molar-refractivity contribution < 1.29 is 13.9 Å². The molecule has 0 aliphatic carbocycles. The Morgan fingerprint density at radius 2 is 1.93 bits per heavy atom. The predicted molar refractivity (Wildman–Crippen MR) is 148 cm³/mol. The minimum absolute atomic E-state index is 0.309. The molecule has 0 spiro atoms. The third-order valence-electron chi connectivity index (χ3n) is 7.83. The van der Waals surface area contributed by atoms with Crippen LogP contribution in [-0.2, 0) is 0 Å². The number of hydrogen-bond acceptors (Lipinski definition) is 10. The summed E-state index contributed by atoms with van der Waals surface area (Å²) in [6, 6.07) is 12.2. The molecule has 2 saturated heterocycles. The minimum atomic E-state index is -0.320. The zero-order chi connectivity index (χ0) is 27.2. The Bertz CT molecular complexity index is 1710. The maximum absolute atomic E-state index is 13.1. The summed E-state index contributed by atoms with van der Waals surface area (Å²) in [5, 5.41) is 8.46. The van der Waals surface area contributed by atoms with Crippen molar-refractivity contribution in [1.29, 1.82) is 0 Å². The third kappa shape index (κ3) is 4.11. The number of halogens is 1. The van der Waals surface area contributed by atoms with Crippen LogP contribution >= 0.6 is 0 Å². The van der Waals surface area contributed by atoms with E-state index in [0.717, 1.165) is 53.1 Å². The number of hydrogen-bond donors (Lipinski definition) is 1. The summed E-state index contributed by atoms with van der Waals surface area (Å²) >= 11 is 0. The number of methoxy groups -OCH3 is 1. The van der Waals surface area contributed by atoms with Crippen LogP contribution in [0.5, 0.6) is 17.4 Å². The highest BCUT2D eigenvalue weighted by atomic mass is 19.1. The highest BCUT2D eigenvalue weighted by molar-refractivity contribution is 6.04. The highest BCUT2D eigenvalue weighted by Crippen LogP contribution is 2.46. The van der Waals surface area contributed by atoms with E-state index in [0.29, 0.717) is 41.7 Å². The van der Waals surface area contributed by atoms with Crippen molar-refractivity contribution in [2.45, 2.75) is 25.4 Å². The summed E-state index contributed by atoms with van der Waals surface area (Å²) in [6.45, 7) is 3.86. The summed E-state index contributed by atoms with van der Waals surface area (Å²) in [6.07, 6.45) is 5.59. The largest absolute Gasteiger partial charge is 0.495 e. The lowest BCUT2D eigenvalue weighted by Crippen LogP contribution is -2.62. The van der Waals surface area contributed by atoms with Gasteiger partial charge in [0.05, 0.1) is 23.7 Å². The second-order valence-electron chi connectivity index (χ2n) is 10.0. The molecule has 12 heteroatoms. The standard InChI is InChI=1S/C28H28FN9O2/c1-17-11-18(3-5-22(17)40-25-12-24-31-15-34-38(24)16-33-25)35-28-26-19(30-14-32-28)4-6-23(39-2)27(26)37-13-21-20(37)7-9-36(21)10-8-29/h3-6,11-12,14-16,20-21H,7-10,13H2,1-2H3,(H,30,32,35)/t20-,21-/m0/s1. The van der Waals surface area contributed by atoms with Crippen molar-refractivity contribution in [3.05, 3.63) is 60.9 Å². The first-order chi connectivity index (χ1) is 19.6. The van der Waals surface area contributed by atoms with Gasteiger partial charge in [0, 0.05) is 43.5 Å². The maximum atomic E-state index is 13.1. The van der Waals surface area contributed by atoms with Crippen LogP contribution in [0.2, 0.25) is 0 Å². The summed E-state index contributed by atoms with van der Waals surface area (Å²) in [5.74, 6) is 2.58. The van der Waals surface area contributed by atoms with E-state index in [2.05, 4.69) is 40.2 Å². The molecule has 0 bridgehead atoms. The smallest absolute Gasteiger partial charge is 0.224 e. The Labute approximate surface area is 229 Å². The van der Waals surface area contributed by atoms with Gasteiger partial charge in [-0.15, -0.1) is 0 Å². The Morgan fingerprint density at radius 3 is 2.77 bits per heavy atom. The summed E-state index contributed by atoms with van der Waals surface area (Å²) < 4.78 is 26.5. The Morgan fingerprint density at radius 1 is 1.02 bits per heavy atom. The lowest BCUT2D eigenvalue weighted by Gasteiger charge is -2.49. The number of nitrogens with zero attached hydrogens (tertiary/aromatic N) is 8. The molecular weight excluding hydrogens is 513 g/mol. The molecule has 5 aromatic rings. The highest BCUT2D eigenvalue weighted by Gasteiger charge is 2.48. The molecule has 2 fully saturated rings. The van der Waals surface area contributed by atoms with Gasteiger partial charge in [-0.2, -0.15) is 5.10 Å². The van der Waals surface area contributed by atoms with E-state index < -0.39 is 0 Å². The van der Waals surface area contributed by atoms with Gasteiger partial charge in [0.1, 0.15) is 43.0 Å². The summed E-state index contributed by atoms with van der Waals surface area (Å²) in [5.41, 5.74) is 4.23. The lowest BCUT2D eigenvalue weighted by atomic mass is 9.94. The molecule has 0 radical (unpaired) electrons. The van der Waals surface area contributed by atoms with Gasteiger partial charge in [-0.05, 0) is 49.2 Å². The van der Waals surface area contributed by atoms with Gasteiger partial charge in [-0.3, -0.25) is 4.90 Å². The molecule has 0 amide bonds. The van der Waals surface area contributed by atoms with Crippen molar-refractivity contribution >= 4 is 33.7 Å². The number of benzene rings is 2. The molecule has 3 aromatic heterocycles. The molecule has 0 unspecified atom stereocenters. The Balaban J connectivity index is 1.19. The van der Waals surface area contributed by atoms with Gasteiger partial charge in [-0.1, -0.05) is 0 Å². The number of nitrogens with one attached hydrogen (secondary N) is 1. The number of anilines is 3. The number of ether oxygens (including phenoxy) is 2. The third-order valence-corrected chi connectivity index (χ3v) is 7.83. The Hall–Kier alpha value is -4.58. The molecule has 1 N–H and O–H groups in total. The van der Waals surface area contributed by atoms with Gasteiger partial charge in [0.2, 0.25) is 5.88 Å². The second kappa shape index (κ2) is 9.87. The molecule has 0 saturated carbocycles. The van der Waals surface area contributed by atoms with E-state index in [-0.39, 0.29) is 6.67 Å². The fraction of sp³-hybridized carbons (Fsp3) is 0.321. The number of alkyl halides is 1. The van der Waals surface area contributed by atoms with Gasteiger partial charge in [-0.25, -0.2) is 28.8 Å². The first kappa shape index (κ1) is 24.5. The van der Waals surface area contributed by atoms with Gasteiger partial charge >= 0.3 is 0 Å². The fourth-order valence-electron chi connectivity index (χ4n) is 5.86. The van der Waals surface area contributed by atoms with Crippen LogP contribution in [0.25, 0.3) is 16.6 Å². The van der Waals surface area contributed by atoms with Crippen LogP contribution in [0.4, 0.5) is 21.6 Å². The number of likely N-dealkylation sites (tertiary alicyclic amines) is 1. The second-order valence-corrected chi connectivity index (χ2v) is 10.0. The van der Waals surface area contributed by atoms with E-state index >= 15 is 0 Å². The number of rotatable bonds is 8. The predicted octanol–water partition coefficient (Wildman–Crippen LogP) is 4.15. The molecule has 2 aromatic carbocycles. The topological polar surface area (TPSA) is 106 Å². The van der Waals surface area contributed by atoms with Gasteiger partial charge in [0.15, 0.2) is 5.65 Å². The van der Waals surface area contributed by atoms with E-state index in [4.69, 9.17) is 9.47 Å². The molecule has 204 valence electrons. The quantitative estimate of drug-likeness (QED) is 0.308. The Kier molecular flexibility index (Phi) is 6.03. The van der Waals surface area contributed by atoms with Crippen LogP contribution < -0.4 is 19.7 Å². The average molecular weight is 542 g/mol. The monoisotopic (exact) mass is 541 g/mol. The average Bonchev–Trinajstić information content (AvgIpc) is 3.54. The number of aryl methyl sites for hydroxylation is 1. The fourth-order valence-corrected chi connectivity index (χ4v) is 5.86. The molecule has 5 heterocycles. The molecule has 2 atom stereocenters. The van der Waals surface area contributed by atoms with Crippen LogP contribution in [0.1, 0.15) is 12.0 Å². The van der Waals surface area contributed by atoms with E-state index in [1.165, 1.54) is 6.33 Å². The normalized spacial score (nSPS) is 18.6. The zero-order valence-corrected chi connectivity index (χ0v) is 22.2. The van der Waals surface area contributed by atoms with Crippen LogP contribution in [0.15, 0.2) is 55.4 Å². The molecular formula is C28H28FN9O2. The summed E-state index contributed by atoms with van der Waals surface area (Å²) in [7, 11) is 1.68. The molecule has 40 heavy (non-hydrogen) atoms. The van der Waals surface area contributed by atoms with E-state index in [1.807, 2.05) is 37.3 Å². The molecule has 7 rings (SSSR count). The van der Waals surface area contributed by atoms with Crippen LogP contribution in [-0.4, -0.2) is 80.0 Å². The van der Waals surface area contributed by atoms with Crippen molar-refractivity contribution in [1.82, 2.24) is 34.4 Å². The number of fused-ring (bicyclic) bond motifs is 3. The minimum Gasteiger partial charge on any atom is -0.495 e. The first-order valence-electron chi connectivity index (χ1n) is 13.2. The molecule has 2 aliphatic heterocycles. The first-order valence-corrected chi connectivity index (χ1v) is 13.2. The van der Waals surface area contributed by atoms with Crippen molar-refractivity contribution in [3.8, 4) is 17.4 Å².